The molecule has 0 N–H and O–H groups in total. The largest absolute Gasteiger partial charge is 0.293 e. The van der Waals surface area contributed by atoms with E-state index in [1.807, 2.05) is 25.1 Å². The third-order valence-corrected chi connectivity index (χ3v) is 4.85. The van der Waals surface area contributed by atoms with Crippen molar-refractivity contribution in [3.63, 3.8) is 0 Å². The van der Waals surface area contributed by atoms with Gasteiger partial charge in [-0.15, -0.1) is 5.10 Å². The van der Waals surface area contributed by atoms with Crippen molar-refractivity contribution in [2.45, 2.75) is 19.0 Å². The van der Waals surface area contributed by atoms with Gasteiger partial charge in [0.05, 0.1) is 11.4 Å². The molecule has 3 aromatic rings. The SMILES string of the molecule is Cc1ccc(-n2nnnc2SCC(=O)c2ccc(Cl)cc2)cc1C. The Hall–Kier alpha value is -2.18. The molecule has 0 spiro atoms. The number of rotatable bonds is 5. The Kier molecular flexibility index (Phi) is 4.97. The van der Waals surface area contributed by atoms with Gasteiger partial charge in [-0.3, -0.25) is 4.79 Å². The summed E-state index contributed by atoms with van der Waals surface area (Å²) in [7, 11) is 0. The van der Waals surface area contributed by atoms with Gasteiger partial charge in [0.15, 0.2) is 5.78 Å². The van der Waals surface area contributed by atoms with Gasteiger partial charge >= 0.3 is 0 Å². The van der Waals surface area contributed by atoms with Gasteiger partial charge in [0, 0.05) is 10.6 Å². The zero-order chi connectivity index (χ0) is 17.1. The smallest absolute Gasteiger partial charge is 0.214 e. The van der Waals surface area contributed by atoms with E-state index >= 15 is 0 Å². The first-order chi connectivity index (χ1) is 11.5. The molecule has 0 atom stereocenters. The van der Waals surface area contributed by atoms with Crippen LogP contribution in [0.5, 0.6) is 0 Å². The van der Waals surface area contributed by atoms with E-state index in [-0.39, 0.29) is 11.5 Å². The van der Waals surface area contributed by atoms with E-state index in [0.29, 0.717) is 15.7 Å². The van der Waals surface area contributed by atoms with Crippen molar-refractivity contribution in [1.29, 1.82) is 0 Å². The number of halogens is 1. The Morgan fingerprint density at radius 3 is 2.58 bits per heavy atom. The number of benzene rings is 2. The van der Waals surface area contributed by atoms with E-state index < -0.39 is 0 Å². The Bertz CT molecular complexity index is 877. The van der Waals surface area contributed by atoms with Gasteiger partial charge in [-0.25, -0.2) is 0 Å². The van der Waals surface area contributed by atoms with Crippen LogP contribution in [0.2, 0.25) is 5.02 Å². The molecule has 0 saturated heterocycles. The average Bonchev–Trinajstić information content (AvgIpc) is 3.04. The van der Waals surface area contributed by atoms with Crippen LogP contribution < -0.4 is 0 Å². The minimum atomic E-state index is 0.00584. The number of aromatic nitrogens is 4. The van der Waals surface area contributed by atoms with Crippen LogP contribution in [0.4, 0.5) is 0 Å². The Morgan fingerprint density at radius 1 is 1.12 bits per heavy atom. The van der Waals surface area contributed by atoms with Crippen molar-refractivity contribution in [1.82, 2.24) is 20.2 Å². The summed E-state index contributed by atoms with van der Waals surface area (Å²) >= 11 is 7.15. The highest BCUT2D eigenvalue weighted by Gasteiger charge is 2.13. The quantitative estimate of drug-likeness (QED) is 0.511. The van der Waals surface area contributed by atoms with Gasteiger partial charge in [0.2, 0.25) is 5.16 Å². The van der Waals surface area contributed by atoms with Gasteiger partial charge in [-0.2, -0.15) is 4.68 Å². The predicted molar refractivity (Wildman–Crippen MR) is 95.1 cm³/mol. The van der Waals surface area contributed by atoms with Crippen LogP contribution in [-0.2, 0) is 0 Å². The van der Waals surface area contributed by atoms with Crippen LogP contribution in [-0.4, -0.2) is 31.7 Å². The number of tetrazole rings is 1. The maximum absolute atomic E-state index is 12.3. The van der Waals surface area contributed by atoms with Crippen LogP contribution in [0.1, 0.15) is 21.5 Å². The number of carbonyl (C=O) groups excluding carboxylic acids is 1. The number of carbonyl (C=O) groups is 1. The molecule has 2 aromatic carbocycles. The predicted octanol–water partition coefficient (Wildman–Crippen LogP) is 3.91. The van der Waals surface area contributed by atoms with Crippen LogP contribution in [0, 0.1) is 13.8 Å². The third-order valence-electron chi connectivity index (χ3n) is 3.67. The monoisotopic (exact) mass is 358 g/mol. The molecular formula is C17H15ClN4OS. The fraction of sp³-hybridized carbons (Fsp3) is 0.176. The molecule has 0 aliphatic heterocycles. The second kappa shape index (κ2) is 7.15. The third kappa shape index (κ3) is 3.66. The first-order valence-electron chi connectivity index (χ1n) is 7.32. The Morgan fingerprint density at radius 2 is 1.88 bits per heavy atom. The van der Waals surface area contributed by atoms with Crippen molar-refractivity contribution in [2.24, 2.45) is 0 Å². The van der Waals surface area contributed by atoms with E-state index in [1.54, 1.807) is 28.9 Å². The van der Waals surface area contributed by atoms with Gasteiger partial charge in [0.25, 0.3) is 0 Å². The van der Waals surface area contributed by atoms with E-state index in [9.17, 15) is 4.79 Å². The molecule has 1 aromatic heterocycles. The summed E-state index contributed by atoms with van der Waals surface area (Å²) in [6.07, 6.45) is 0. The fourth-order valence-corrected chi connectivity index (χ4v) is 3.05. The van der Waals surface area contributed by atoms with E-state index in [2.05, 4.69) is 22.4 Å². The molecule has 5 nitrogen and oxygen atoms in total. The second-order valence-electron chi connectivity index (χ2n) is 5.36. The Labute approximate surface area is 149 Å². The summed E-state index contributed by atoms with van der Waals surface area (Å²) in [5.74, 6) is 0.263. The summed E-state index contributed by atoms with van der Waals surface area (Å²) in [6.45, 7) is 4.10. The number of thioether (sulfide) groups is 1. The van der Waals surface area contributed by atoms with Crippen molar-refractivity contribution in [2.75, 3.05) is 5.75 Å². The molecular weight excluding hydrogens is 344 g/mol. The minimum absolute atomic E-state index is 0.00584. The van der Waals surface area contributed by atoms with Crippen LogP contribution >= 0.6 is 23.4 Å². The highest BCUT2D eigenvalue weighted by atomic mass is 35.5. The highest BCUT2D eigenvalue weighted by Crippen LogP contribution is 2.21. The molecule has 0 amide bonds. The number of hydrogen-bond donors (Lipinski definition) is 0. The summed E-state index contributed by atoms with van der Waals surface area (Å²) in [5, 5.41) is 13.0. The van der Waals surface area contributed by atoms with Crippen LogP contribution in [0.25, 0.3) is 5.69 Å². The van der Waals surface area contributed by atoms with Gasteiger partial charge in [-0.05, 0) is 71.8 Å². The zero-order valence-corrected chi connectivity index (χ0v) is 14.8. The molecule has 0 unspecified atom stereocenters. The molecule has 0 radical (unpaired) electrons. The van der Waals surface area contributed by atoms with Crippen LogP contribution in [0.3, 0.4) is 0 Å². The van der Waals surface area contributed by atoms with Gasteiger partial charge < -0.3 is 0 Å². The lowest BCUT2D eigenvalue weighted by Gasteiger charge is -2.07. The normalized spacial score (nSPS) is 10.8. The molecule has 1 heterocycles. The topological polar surface area (TPSA) is 60.7 Å². The first-order valence-corrected chi connectivity index (χ1v) is 8.68. The molecule has 0 fully saturated rings. The molecule has 122 valence electrons. The lowest BCUT2D eigenvalue weighted by molar-refractivity contribution is 0.102. The van der Waals surface area contributed by atoms with Crippen molar-refractivity contribution >= 4 is 29.1 Å². The number of nitrogens with zero attached hydrogens (tertiary/aromatic N) is 4. The molecule has 0 saturated carbocycles. The lowest BCUT2D eigenvalue weighted by Crippen LogP contribution is -2.05. The number of Topliss-reactive ketones (excluding diaryl/α,β-unsaturated/α-hetero) is 1. The summed E-state index contributed by atoms with van der Waals surface area (Å²) in [5.41, 5.74) is 3.87. The van der Waals surface area contributed by atoms with E-state index in [4.69, 9.17) is 11.6 Å². The van der Waals surface area contributed by atoms with Crippen LogP contribution in [0.15, 0.2) is 47.6 Å². The first kappa shape index (κ1) is 16.7. The van der Waals surface area contributed by atoms with E-state index in [1.165, 1.54) is 17.3 Å². The minimum Gasteiger partial charge on any atom is -0.293 e. The number of ketones is 1. The second-order valence-corrected chi connectivity index (χ2v) is 6.74. The summed E-state index contributed by atoms with van der Waals surface area (Å²) < 4.78 is 1.65. The number of aryl methyl sites for hydroxylation is 2. The van der Waals surface area contributed by atoms with Crippen molar-refractivity contribution < 1.29 is 4.79 Å². The standard InChI is InChI=1S/C17H15ClN4OS/c1-11-3-8-15(9-12(11)2)22-17(19-20-21-22)24-10-16(23)13-4-6-14(18)7-5-13/h3-9H,10H2,1-2H3. The van der Waals surface area contributed by atoms with Crippen molar-refractivity contribution in [3.8, 4) is 5.69 Å². The average molecular weight is 359 g/mol. The Balaban J connectivity index is 1.75. The molecule has 0 aliphatic rings. The lowest BCUT2D eigenvalue weighted by atomic mass is 10.1. The number of hydrogen-bond acceptors (Lipinski definition) is 5. The van der Waals surface area contributed by atoms with Crippen molar-refractivity contribution in [3.05, 3.63) is 64.2 Å². The fourth-order valence-electron chi connectivity index (χ4n) is 2.14. The molecule has 3 rings (SSSR count). The molecule has 7 heteroatoms. The maximum atomic E-state index is 12.3. The summed E-state index contributed by atoms with van der Waals surface area (Å²) in [4.78, 5) is 12.3. The molecule has 0 aliphatic carbocycles. The summed E-state index contributed by atoms with van der Waals surface area (Å²) in [6, 6.07) is 12.9. The highest BCUT2D eigenvalue weighted by molar-refractivity contribution is 7.99. The van der Waals surface area contributed by atoms with Gasteiger partial charge in [0.1, 0.15) is 0 Å². The maximum Gasteiger partial charge on any atom is 0.214 e. The molecule has 0 bridgehead atoms. The van der Waals surface area contributed by atoms with E-state index in [0.717, 1.165) is 11.3 Å². The van der Waals surface area contributed by atoms with Gasteiger partial charge in [-0.1, -0.05) is 29.4 Å². The zero-order valence-electron chi connectivity index (χ0n) is 13.2. The molecule has 24 heavy (non-hydrogen) atoms.